The molecule has 0 bridgehead atoms. The largest absolute Gasteiger partial charge is 0.497 e. The molecule has 1 heterocycles. The standard InChI is InChI=1S/C19H20ClN3O4S/c1-26-16-9-5-15(6-10-16)23-18(13-19(20)22-23)14-3-7-17(8-4-14)27-12-11-21-28(2,24)25/h3-10,13,21H,11-12H2,1-2H3. The van der Waals surface area contributed by atoms with Crippen molar-refractivity contribution in [3.63, 3.8) is 0 Å². The molecule has 0 amide bonds. The van der Waals surface area contributed by atoms with E-state index in [2.05, 4.69) is 9.82 Å². The van der Waals surface area contributed by atoms with Crippen LogP contribution in [0.25, 0.3) is 16.9 Å². The summed E-state index contributed by atoms with van der Waals surface area (Å²) < 4.78 is 37.0. The molecule has 0 fully saturated rings. The van der Waals surface area contributed by atoms with Crippen LogP contribution >= 0.6 is 11.6 Å². The van der Waals surface area contributed by atoms with E-state index in [4.69, 9.17) is 21.1 Å². The number of benzene rings is 2. The summed E-state index contributed by atoms with van der Waals surface area (Å²) in [4.78, 5) is 0. The molecular weight excluding hydrogens is 402 g/mol. The van der Waals surface area contributed by atoms with Crippen molar-refractivity contribution in [2.45, 2.75) is 0 Å². The lowest BCUT2D eigenvalue weighted by Gasteiger charge is -2.10. The number of nitrogens with one attached hydrogen (secondary N) is 1. The molecule has 0 saturated carbocycles. The smallest absolute Gasteiger partial charge is 0.208 e. The van der Waals surface area contributed by atoms with E-state index in [1.807, 2.05) is 48.5 Å². The fraction of sp³-hybridized carbons (Fsp3) is 0.211. The summed E-state index contributed by atoms with van der Waals surface area (Å²) in [5, 5.41) is 4.75. The summed E-state index contributed by atoms with van der Waals surface area (Å²) >= 11 is 6.14. The minimum Gasteiger partial charge on any atom is -0.497 e. The average molecular weight is 422 g/mol. The summed E-state index contributed by atoms with van der Waals surface area (Å²) in [6, 6.07) is 16.7. The van der Waals surface area contributed by atoms with Gasteiger partial charge in [-0.15, -0.1) is 0 Å². The molecule has 1 N–H and O–H groups in total. The van der Waals surface area contributed by atoms with Crippen LogP contribution in [-0.2, 0) is 10.0 Å². The van der Waals surface area contributed by atoms with E-state index < -0.39 is 10.0 Å². The van der Waals surface area contributed by atoms with Crippen molar-refractivity contribution < 1.29 is 17.9 Å². The number of nitrogens with zero attached hydrogens (tertiary/aromatic N) is 2. The van der Waals surface area contributed by atoms with E-state index >= 15 is 0 Å². The first kappa shape index (κ1) is 20.2. The maximum absolute atomic E-state index is 11.0. The molecule has 0 aliphatic rings. The Morgan fingerprint density at radius 3 is 2.32 bits per heavy atom. The van der Waals surface area contributed by atoms with Gasteiger partial charge in [-0.1, -0.05) is 11.6 Å². The molecule has 1 aromatic heterocycles. The molecule has 0 aliphatic carbocycles. The Morgan fingerprint density at radius 2 is 1.71 bits per heavy atom. The predicted octanol–water partition coefficient (Wildman–Crippen LogP) is 3.13. The van der Waals surface area contributed by atoms with Gasteiger partial charge in [0.05, 0.1) is 24.7 Å². The highest BCUT2D eigenvalue weighted by Gasteiger charge is 2.11. The molecular formula is C19H20ClN3O4S. The first-order valence-corrected chi connectivity index (χ1v) is 10.7. The van der Waals surface area contributed by atoms with Crippen molar-refractivity contribution in [3.8, 4) is 28.4 Å². The molecule has 0 unspecified atom stereocenters. The van der Waals surface area contributed by atoms with Crippen LogP contribution < -0.4 is 14.2 Å². The van der Waals surface area contributed by atoms with Crippen molar-refractivity contribution in [2.24, 2.45) is 0 Å². The highest BCUT2D eigenvalue weighted by atomic mass is 35.5. The van der Waals surface area contributed by atoms with Gasteiger partial charge in [-0.3, -0.25) is 0 Å². The van der Waals surface area contributed by atoms with E-state index in [0.29, 0.717) is 10.9 Å². The number of hydrogen-bond acceptors (Lipinski definition) is 5. The molecule has 3 rings (SSSR count). The zero-order valence-corrected chi connectivity index (χ0v) is 17.0. The van der Waals surface area contributed by atoms with Gasteiger partial charge in [0.2, 0.25) is 10.0 Å². The van der Waals surface area contributed by atoms with Crippen molar-refractivity contribution in [3.05, 3.63) is 59.8 Å². The number of hydrogen-bond donors (Lipinski definition) is 1. The molecule has 9 heteroatoms. The number of halogens is 1. The van der Waals surface area contributed by atoms with Crippen molar-refractivity contribution >= 4 is 21.6 Å². The van der Waals surface area contributed by atoms with E-state index in [-0.39, 0.29) is 13.2 Å². The van der Waals surface area contributed by atoms with Crippen LogP contribution in [0.4, 0.5) is 0 Å². The second-order valence-electron chi connectivity index (χ2n) is 6.00. The Labute approximate surface area is 168 Å². The highest BCUT2D eigenvalue weighted by Crippen LogP contribution is 2.28. The van der Waals surface area contributed by atoms with Crippen LogP contribution in [0.2, 0.25) is 5.15 Å². The summed E-state index contributed by atoms with van der Waals surface area (Å²) in [5.41, 5.74) is 2.60. The van der Waals surface area contributed by atoms with Gasteiger partial charge in [0.25, 0.3) is 0 Å². The molecule has 3 aromatic rings. The maximum Gasteiger partial charge on any atom is 0.208 e. The second kappa shape index (κ2) is 8.64. The Kier molecular flexibility index (Phi) is 6.23. The number of methoxy groups -OCH3 is 1. The van der Waals surface area contributed by atoms with Gasteiger partial charge in [-0.25, -0.2) is 17.8 Å². The number of rotatable bonds is 8. The summed E-state index contributed by atoms with van der Waals surface area (Å²) in [6.07, 6.45) is 1.11. The van der Waals surface area contributed by atoms with Crippen molar-refractivity contribution in [1.82, 2.24) is 14.5 Å². The van der Waals surface area contributed by atoms with Crippen LogP contribution in [0.5, 0.6) is 11.5 Å². The molecule has 0 radical (unpaired) electrons. The van der Waals surface area contributed by atoms with E-state index in [9.17, 15) is 8.42 Å². The van der Waals surface area contributed by atoms with E-state index in [1.165, 1.54) is 0 Å². The molecule has 28 heavy (non-hydrogen) atoms. The first-order valence-electron chi connectivity index (χ1n) is 8.43. The molecule has 0 atom stereocenters. The third-order valence-electron chi connectivity index (χ3n) is 3.88. The van der Waals surface area contributed by atoms with Crippen LogP contribution in [-0.4, -0.2) is 44.7 Å². The molecule has 2 aromatic carbocycles. The Hall–Kier alpha value is -2.55. The average Bonchev–Trinajstić information content (AvgIpc) is 3.07. The SMILES string of the molecule is COc1ccc(-n2nc(Cl)cc2-c2ccc(OCCNS(C)(=O)=O)cc2)cc1. The fourth-order valence-corrected chi connectivity index (χ4v) is 3.23. The molecule has 148 valence electrons. The van der Waals surface area contributed by atoms with Crippen LogP contribution in [0.3, 0.4) is 0 Å². The van der Waals surface area contributed by atoms with E-state index in [0.717, 1.165) is 29.0 Å². The fourth-order valence-electron chi connectivity index (χ4n) is 2.60. The van der Waals surface area contributed by atoms with Gasteiger partial charge in [-0.2, -0.15) is 5.10 Å². The monoisotopic (exact) mass is 421 g/mol. The quantitative estimate of drug-likeness (QED) is 0.565. The van der Waals surface area contributed by atoms with Crippen LogP contribution in [0.1, 0.15) is 0 Å². The zero-order valence-electron chi connectivity index (χ0n) is 15.4. The first-order chi connectivity index (χ1) is 13.4. The van der Waals surface area contributed by atoms with Gasteiger partial charge in [0.1, 0.15) is 18.1 Å². The lowest BCUT2D eigenvalue weighted by atomic mass is 10.1. The second-order valence-corrected chi connectivity index (χ2v) is 8.22. The lowest BCUT2D eigenvalue weighted by molar-refractivity contribution is 0.323. The molecule has 7 nitrogen and oxygen atoms in total. The van der Waals surface area contributed by atoms with Crippen LogP contribution in [0, 0.1) is 0 Å². The normalized spacial score (nSPS) is 11.4. The van der Waals surface area contributed by atoms with E-state index in [1.54, 1.807) is 17.9 Å². The van der Waals surface area contributed by atoms with Crippen molar-refractivity contribution in [1.29, 1.82) is 0 Å². The third kappa shape index (κ3) is 5.25. The third-order valence-corrected chi connectivity index (χ3v) is 4.79. The number of ether oxygens (including phenoxy) is 2. The Balaban J connectivity index is 1.75. The minimum absolute atomic E-state index is 0.209. The van der Waals surface area contributed by atoms with Gasteiger partial charge >= 0.3 is 0 Å². The Bertz CT molecular complexity index is 1030. The number of sulfonamides is 1. The lowest BCUT2D eigenvalue weighted by Crippen LogP contribution is -2.26. The van der Waals surface area contributed by atoms with Gasteiger partial charge in [-0.05, 0) is 48.5 Å². The highest BCUT2D eigenvalue weighted by molar-refractivity contribution is 7.88. The molecule has 0 aliphatic heterocycles. The van der Waals surface area contributed by atoms with Crippen molar-refractivity contribution in [2.75, 3.05) is 26.5 Å². The van der Waals surface area contributed by atoms with Gasteiger partial charge in [0.15, 0.2) is 5.15 Å². The topological polar surface area (TPSA) is 82.4 Å². The van der Waals surface area contributed by atoms with Gasteiger partial charge in [0, 0.05) is 18.2 Å². The molecule has 0 spiro atoms. The summed E-state index contributed by atoms with van der Waals surface area (Å²) in [6.45, 7) is 0.447. The summed E-state index contributed by atoms with van der Waals surface area (Å²) in [5.74, 6) is 1.40. The predicted molar refractivity (Wildman–Crippen MR) is 109 cm³/mol. The number of aromatic nitrogens is 2. The van der Waals surface area contributed by atoms with Gasteiger partial charge < -0.3 is 9.47 Å². The molecule has 0 saturated heterocycles. The maximum atomic E-state index is 11.0. The Morgan fingerprint density at radius 1 is 1.07 bits per heavy atom. The van der Waals surface area contributed by atoms with Crippen LogP contribution in [0.15, 0.2) is 54.6 Å². The summed E-state index contributed by atoms with van der Waals surface area (Å²) in [7, 11) is -1.60. The minimum atomic E-state index is -3.21. The zero-order chi connectivity index (χ0) is 20.1.